The van der Waals surface area contributed by atoms with Gasteiger partial charge in [0.1, 0.15) is 12.4 Å². The molecular formula is C12H12N6O. The van der Waals surface area contributed by atoms with Crippen LogP contribution in [0.15, 0.2) is 30.6 Å². The fraction of sp³-hybridized carbons (Fsp3) is 0.167. The van der Waals surface area contributed by atoms with Gasteiger partial charge in [0, 0.05) is 0 Å². The average Bonchev–Trinajstić information content (AvgIpc) is 2.88. The van der Waals surface area contributed by atoms with E-state index < -0.39 is 0 Å². The third-order valence-corrected chi connectivity index (χ3v) is 2.60. The van der Waals surface area contributed by atoms with Crippen molar-refractivity contribution in [2.24, 2.45) is 5.84 Å². The number of nitrogens with one attached hydrogen (secondary N) is 1. The van der Waals surface area contributed by atoms with Crippen molar-refractivity contribution < 1.29 is 4.79 Å². The molecule has 3 N–H and O–H groups in total. The zero-order chi connectivity index (χ0) is 13.7. The Labute approximate surface area is 109 Å². The van der Waals surface area contributed by atoms with Gasteiger partial charge in [-0.25, -0.2) is 15.5 Å². The van der Waals surface area contributed by atoms with Crippen molar-refractivity contribution in [3.63, 3.8) is 0 Å². The van der Waals surface area contributed by atoms with E-state index in [4.69, 9.17) is 11.1 Å². The third-order valence-electron chi connectivity index (χ3n) is 2.60. The molecule has 0 aliphatic rings. The van der Waals surface area contributed by atoms with E-state index in [9.17, 15) is 4.79 Å². The molecule has 0 radical (unpaired) electrons. The average molecular weight is 256 g/mol. The van der Waals surface area contributed by atoms with Gasteiger partial charge in [-0.15, -0.1) is 5.10 Å². The highest BCUT2D eigenvalue weighted by molar-refractivity contribution is 5.78. The molecule has 7 heteroatoms. The minimum atomic E-state index is -0.260. The Hall–Kier alpha value is -2.72. The molecule has 0 saturated heterocycles. The van der Waals surface area contributed by atoms with Crippen LogP contribution >= 0.6 is 0 Å². The van der Waals surface area contributed by atoms with Crippen LogP contribution in [0.4, 0.5) is 0 Å². The van der Waals surface area contributed by atoms with Gasteiger partial charge in [0.15, 0.2) is 0 Å². The highest BCUT2D eigenvalue weighted by Gasteiger charge is 2.08. The molecule has 0 atom stereocenters. The van der Waals surface area contributed by atoms with Crippen molar-refractivity contribution in [2.75, 3.05) is 0 Å². The molecule has 0 saturated carbocycles. The summed E-state index contributed by atoms with van der Waals surface area (Å²) in [6.45, 7) is 0.447. The zero-order valence-corrected chi connectivity index (χ0v) is 10.1. The van der Waals surface area contributed by atoms with Crippen LogP contribution in [0.2, 0.25) is 0 Å². The maximum Gasteiger partial charge on any atom is 0.252 e. The number of carbonyl (C=O) groups excluding carboxylic acids is 1. The number of carbonyl (C=O) groups is 1. The van der Waals surface area contributed by atoms with E-state index in [0.29, 0.717) is 6.54 Å². The van der Waals surface area contributed by atoms with Gasteiger partial charge in [-0.2, -0.15) is 5.26 Å². The Bertz CT molecular complexity index is 627. The second-order valence-corrected chi connectivity index (χ2v) is 3.89. The van der Waals surface area contributed by atoms with Gasteiger partial charge in [-0.1, -0.05) is 24.3 Å². The standard InChI is InChI=1S/C12H12N6O/c13-6-11-15-8-18(17-11)7-10-4-2-1-3-9(10)5-12(19)16-14/h1-4,8H,5,7,14H2,(H,16,19). The third kappa shape index (κ3) is 3.14. The normalized spacial score (nSPS) is 9.89. The van der Waals surface area contributed by atoms with Crippen LogP contribution in [-0.4, -0.2) is 20.7 Å². The Morgan fingerprint density at radius 1 is 1.42 bits per heavy atom. The predicted molar refractivity (Wildman–Crippen MR) is 66.3 cm³/mol. The number of hydrogen-bond donors (Lipinski definition) is 2. The SMILES string of the molecule is N#Cc1ncn(Cc2ccccc2CC(=O)NN)n1. The molecule has 1 amide bonds. The second kappa shape index (κ2) is 5.75. The first-order chi connectivity index (χ1) is 9.22. The fourth-order valence-corrected chi connectivity index (χ4v) is 1.70. The van der Waals surface area contributed by atoms with Gasteiger partial charge in [0.05, 0.1) is 13.0 Å². The summed E-state index contributed by atoms with van der Waals surface area (Å²) in [5.74, 6) is 4.94. The number of hydrazine groups is 1. The number of rotatable bonds is 4. The minimum Gasteiger partial charge on any atom is -0.294 e. The smallest absolute Gasteiger partial charge is 0.252 e. The second-order valence-electron chi connectivity index (χ2n) is 3.89. The first-order valence-corrected chi connectivity index (χ1v) is 5.58. The maximum absolute atomic E-state index is 11.3. The van der Waals surface area contributed by atoms with E-state index in [-0.39, 0.29) is 18.2 Å². The van der Waals surface area contributed by atoms with E-state index in [1.807, 2.05) is 30.3 Å². The van der Waals surface area contributed by atoms with Crippen molar-refractivity contribution >= 4 is 5.91 Å². The zero-order valence-electron chi connectivity index (χ0n) is 10.1. The number of benzene rings is 1. The molecular weight excluding hydrogens is 244 g/mol. The number of amides is 1. The van der Waals surface area contributed by atoms with Gasteiger partial charge >= 0.3 is 0 Å². The Morgan fingerprint density at radius 2 is 2.16 bits per heavy atom. The van der Waals surface area contributed by atoms with Crippen molar-refractivity contribution in [3.8, 4) is 6.07 Å². The Morgan fingerprint density at radius 3 is 2.79 bits per heavy atom. The molecule has 1 aromatic heterocycles. The molecule has 0 fully saturated rings. The van der Waals surface area contributed by atoms with E-state index in [2.05, 4.69) is 15.5 Å². The first kappa shape index (κ1) is 12.7. The molecule has 2 rings (SSSR count). The Kier molecular flexibility index (Phi) is 3.85. The number of aromatic nitrogens is 3. The molecule has 7 nitrogen and oxygen atoms in total. The lowest BCUT2D eigenvalue weighted by molar-refractivity contribution is -0.120. The Balaban J connectivity index is 2.20. The minimum absolute atomic E-state index is 0.122. The lowest BCUT2D eigenvalue weighted by Gasteiger charge is -2.08. The summed E-state index contributed by atoms with van der Waals surface area (Å²) >= 11 is 0. The number of hydrogen-bond acceptors (Lipinski definition) is 5. The summed E-state index contributed by atoms with van der Waals surface area (Å²) in [6, 6.07) is 9.34. The van der Waals surface area contributed by atoms with Crippen molar-refractivity contribution in [2.45, 2.75) is 13.0 Å². The lowest BCUT2D eigenvalue weighted by Crippen LogP contribution is -2.31. The van der Waals surface area contributed by atoms with Crippen LogP contribution in [0.1, 0.15) is 17.0 Å². The summed E-state index contributed by atoms with van der Waals surface area (Å²) in [7, 11) is 0. The van der Waals surface area contributed by atoms with Crippen LogP contribution in [-0.2, 0) is 17.8 Å². The largest absolute Gasteiger partial charge is 0.294 e. The van der Waals surface area contributed by atoms with Crippen molar-refractivity contribution in [1.82, 2.24) is 20.2 Å². The molecule has 1 heterocycles. The molecule has 0 aliphatic carbocycles. The quantitative estimate of drug-likeness (QED) is 0.444. The van der Waals surface area contributed by atoms with Crippen molar-refractivity contribution in [1.29, 1.82) is 5.26 Å². The summed E-state index contributed by atoms with van der Waals surface area (Å²) in [5, 5.41) is 12.7. The first-order valence-electron chi connectivity index (χ1n) is 5.58. The van der Waals surface area contributed by atoms with E-state index >= 15 is 0 Å². The lowest BCUT2D eigenvalue weighted by atomic mass is 10.0. The summed E-state index contributed by atoms with van der Waals surface area (Å²) in [6.07, 6.45) is 1.69. The molecule has 0 aliphatic heterocycles. The molecule has 2 aromatic rings. The van der Waals surface area contributed by atoms with Crippen LogP contribution in [0.25, 0.3) is 0 Å². The van der Waals surface area contributed by atoms with Crippen molar-refractivity contribution in [3.05, 3.63) is 47.5 Å². The van der Waals surface area contributed by atoms with Crippen LogP contribution in [0, 0.1) is 11.3 Å². The number of nitriles is 1. The summed E-state index contributed by atoms with van der Waals surface area (Å²) in [5.41, 5.74) is 3.89. The predicted octanol–water partition coefficient (Wildman–Crippen LogP) is -0.270. The van der Waals surface area contributed by atoms with Gasteiger partial charge < -0.3 is 0 Å². The molecule has 19 heavy (non-hydrogen) atoms. The molecule has 0 unspecified atom stereocenters. The summed E-state index contributed by atoms with van der Waals surface area (Å²) in [4.78, 5) is 15.2. The van der Waals surface area contributed by atoms with Gasteiger partial charge in [0.25, 0.3) is 5.82 Å². The van der Waals surface area contributed by atoms with E-state index in [1.165, 1.54) is 6.33 Å². The fourth-order valence-electron chi connectivity index (χ4n) is 1.70. The molecule has 0 bridgehead atoms. The van der Waals surface area contributed by atoms with Gasteiger partial charge in [-0.3, -0.25) is 10.2 Å². The monoisotopic (exact) mass is 256 g/mol. The van der Waals surface area contributed by atoms with Crippen LogP contribution < -0.4 is 11.3 Å². The highest BCUT2D eigenvalue weighted by atomic mass is 16.2. The topological polar surface area (TPSA) is 110 Å². The van der Waals surface area contributed by atoms with E-state index in [0.717, 1.165) is 11.1 Å². The number of nitrogens with zero attached hydrogens (tertiary/aromatic N) is 4. The molecule has 0 spiro atoms. The highest BCUT2D eigenvalue weighted by Crippen LogP contribution is 2.11. The van der Waals surface area contributed by atoms with Crippen LogP contribution in [0.3, 0.4) is 0 Å². The van der Waals surface area contributed by atoms with Crippen LogP contribution in [0.5, 0.6) is 0 Å². The maximum atomic E-state index is 11.3. The summed E-state index contributed by atoms with van der Waals surface area (Å²) < 4.78 is 1.55. The number of nitrogens with two attached hydrogens (primary N) is 1. The molecule has 96 valence electrons. The van der Waals surface area contributed by atoms with E-state index in [1.54, 1.807) is 4.68 Å². The molecule has 1 aromatic carbocycles. The van der Waals surface area contributed by atoms with Gasteiger partial charge in [0.2, 0.25) is 5.91 Å². The van der Waals surface area contributed by atoms with Gasteiger partial charge in [-0.05, 0) is 11.1 Å².